The molecule has 5 nitrogen and oxygen atoms in total. The van der Waals surface area contributed by atoms with Crippen molar-refractivity contribution in [3.8, 4) is 11.5 Å². The zero-order chi connectivity index (χ0) is 16.7. The van der Waals surface area contributed by atoms with Gasteiger partial charge >= 0.3 is 0 Å². The number of nitrogens with zero attached hydrogens (tertiary/aromatic N) is 1. The van der Waals surface area contributed by atoms with Crippen molar-refractivity contribution in [3.05, 3.63) is 46.7 Å². The molecule has 0 saturated heterocycles. The van der Waals surface area contributed by atoms with E-state index in [1.807, 2.05) is 31.6 Å². The van der Waals surface area contributed by atoms with E-state index in [1.165, 1.54) is 5.56 Å². The predicted molar refractivity (Wildman–Crippen MR) is 92.2 cm³/mol. The molecular formula is C17H22N2O3S. The molecule has 23 heavy (non-hydrogen) atoms. The largest absolute Gasteiger partial charge is 0.497 e. The molecule has 1 N–H and O–H groups in total. The Balaban J connectivity index is 1.82. The zero-order valence-corrected chi connectivity index (χ0v) is 14.4. The molecular weight excluding hydrogens is 312 g/mol. The Morgan fingerprint density at radius 2 is 2.09 bits per heavy atom. The van der Waals surface area contributed by atoms with Crippen LogP contribution in [0.5, 0.6) is 11.5 Å². The molecule has 0 saturated carbocycles. The van der Waals surface area contributed by atoms with Gasteiger partial charge in [0.25, 0.3) is 5.91 Å². The number of nitrogens with one attached hydrogen (secondary N) is 1. The van der Waals surface area contributed by atoms with Gasteiger partial charge in [-0.3, -0.25) is 4.79 Å². The van der Waals surface area contributed by atoms with Gasteiger partial charge in [-0.1, -0.05) is 6.07 Å². The van der Waals surface area contributed by atoms with Crippen LogP contribution < -0.4 is 14.8 Å². The number of hydrogen-bond donors (Lipinski definition) is 1. The van der Waals surface area contributed by atoms with E-state index >= 15 is 0 Å². The van der Waals surface area contributed by atoms with Crippen molar-refractivity contribution in [2.24, 2.45) is 0 Å². The highest BCUT2D eigenvalue weighted by molar-refractivity contribution is 7.07. The van der Waals surface area contributed by atoms with Crippen LogP contribution in [-0.2, 0) is 4.79 Å². The molecule has 0 spiro atoms. The highest BCUT2D eigenvalue weighted by atomic mass is 32.1. The van der Waals surface area contributed by atoms with Gasteiger partial charge in [0, 0.05) is 12.6 Å². The first-order valence-corrected chi connectivity index (χ1v) is 8.26. The molecule has 124 valence electrons. The Morgan fingerprint density at radius 3 is 2.74 bits per heavy atom. The zero-order valence-electron chi connectivity index (χ0n) is 13.6. The number of hydrogen-bond acceptors (Lipinski definition) is 5. The second kappa shape index (κ2) is 8.55. The van der Waals surface area contributed by atoms with Crippen molar-refractivity contribution in [3.63, 3.8) is 0 Å². The summed E-state index contributed by atoms with van der Waals surface area (Å²) in [7, 11) is 5.60. The molecule has 0 aliphatic carbocycles. The van der Waals surface area contributed by atoms with E-state index in [-0.39, 0.29) is 18.6 Å². The lowest BCUT2D eigenvalue weighted by atomic mass is 10.1. The quantitative estimate of drug-likeness (QED) is 0.806. The van der Waals surface area contributed by atoms with Gasteiger partial charge in [0.05, 0.1) is 13.2 Å². The van der Waals surface area contributed by atoms with Gasteiger partial charge in [-0.05, 0) is 48.6 Å². The fourth-order valence-electron chi connectivity index (χ4n) is 2.16. The van der Waals surface area contributed by atoms with Crippen molar-refractivity contribution in [2.45, 2.75) is 6.04 Å². The third-order valence-electron chi connectivity index (χ3n) is 3.46. The summed E-state index contributed by atoms with van der Waals surface area (Å²) in [5.74, 6) is 1.17. The molecule has 1 unspecified atom stereocenters. The topological polar surface area (TPSA) is 50.8 Å². The highest BCUT2D eigenvalue weighted by Crippen LogP contribution is 2.20. The van der Waals surface area contributed by atoms with E-state index in [0.29, 0.717) is 18.0 Å². The van der Waals surface area contributed by atoms with Crippen LogP contribution >= 0.6 is 11.3 Å². The van der Waals surface area contributed by atoms with Gasteiger partial charge in [0.15, 0.2) is 6.61 Å². The molecule has 1 amide bonds. The van der Waals surface area contributed by atoms with Crippen LogP contribution in [0.1, 0.15) is 11.6 Å². The molecule has 2 aromatic rings. The lowest BCUT2D eigenvalue weighted by Crippen LogP contribution is -2.36. The molecule has 1 aromatic carbocycles. The predicted octanol–water partition coefficient (Wildman–Crippen LogP) is 2.55. The molecule has 2 rings (SSSR count). The molecule has 0 radical (unpaired) electrons. The number of ether oxygens (including phenoxy) is 2. The second-order valence-electron chi connectivity index (χ2n) is 5.31. The smallest absolute Gasteiger partial charge is 0.258 e. The van der Waals surface area contributed by atoms with Crippen LogP contribution in [0.25, 0.3) is 0 Å². The summed E-state index contributed by atoms with van der Waals surface area (Å²) in [6.07, 6.45) is 0. The number of thiophene rings is 1. The van der Waals surface area contributed by atoms with Crippen LogP contribution in [-0.4, -0.2) is 45.2 Å². The van der Waals surface area contributed by atoms with Gasteiger partial charge in [-0.15, -0.1) is 0 Å². The first-order valence-electron chi connectivity index (χ1n) is 7.32. The summed E-state index contributed by atoms with van der Waals surface area (Å²) in [5.41, 5.74) is 1.20. The second-order valence-corrected chi connectivity index (χ2v) is 6.09. The maximum Gasteiger partial charge on any atom is 0.258 e. The number of rotatable bonds is 8. The molecule has 1 heterocycles. The molecule has 0 bridgehead atoms. The van der Waals surface area contributed by atoms with Crippen LogP contribution in [0, 0.1) is 0 Å². The average molecular weight is 334 g/mol. The van der Waals surface area contributed by atoms with E-state index in [1.54, 1.807) is 30.6 Å². The number of methoxy groups -OCH3 is 1. The molecule has 1 aromatic heterocycles. The summed E-state index contributed by atoms with van der Waals surface area (Å²) in [4.78, 5) is 14.1. The minimum Gasteiger partial charge on any atom is -0.497 e. The Morgan fingerprint density at radius 1 is 1.30 bits per heavy atom. The SMILES string of the molecule is COc1cccc(OCC(=O)NCC(c2ccsc2)N(C)C)c1. The van der Waals surface area contributed by atoms with E-state index in [4.69, 9.17) is 9.47 Å². The minimum atomic E-state index is -0.144. The van der Waals surface area contributed by atoms with E-state index in [0.717, 1.165) is 0 Å². The van der Waals surface area contributed by atoms with Crippen molar-refractivity contribution in [2.75, 3.05) is 34.4 Å². The lowest BCUT2D eigenvalue weighted by molar-refractivity contribution is -0.123. The van der Waals surface area contributed by atoms with Crippen molar-refractivity contribution in [1.29, 1.82) is 0 Å². The summed E-state index contributed by atoms with van der Waals surface area (Å²) in [6.45, 7) is 0.529. The average Bonchev–Trinajstić information content (AvgIpc) is 3.07. The normalized spacial score (nSPS) is 12.0. The number of carbonyl (C=O) groups is 1. The Labute approximate surface area is 140 Å². The number of amides is 1. The molecule has 0 aliphatic heterocycles. The summed E-state index contributed by atoms with van der Waals surface area (Å²) in [6, 6.07) is 9.43. The van der Waals surface area contributed by atoms with Gasteiger partial charge in [0.2, 0.25) is 0 Å². The van der Waals surface area contributed by atoms with Crippen LogP contribution in [0.2, 0.25) is 0 Å². The van der Waals surface area contributed by atoms with Crippen LogP contribution in [0.4, 0.5) is 0 Å². The minimum absolute atomic E-state index is 0.0169. The van der Waals surface area contributed by atoms with Crippen LogP contribution in [0.3, 0.4) is 0 Å². The van der Waals surface area contributed by atoms with Gasteiger partial charge in [0.1, 0.15) is 11.5 Å². The first-order chi connectivity index (χ1) is 11.1. The Kier molecular flexibility index (Phi) is 6.43. The van der Waals surface area contributed by atoms with Gasteiger partial charge < -0.3 is 19.7 Å². The summed E-state index contributed by atoms with van der Waals surface area (Å²) < 4.78 is 10.6. The lowest BCUT2D eigenvalue weighted by Gasteiger charge is -2.24. The molecule has 0 fully saturated rings. The highest BCUT2D eigenvalue weighted by Gasteiger charge is 2.15. The third kappa shape index (κ3) is 5.26. The molecule has 0 aliphatic rings. The summed E-state index contributed by atoms with van der Waals surface area (Å²) in [5, 5.41) is 7.06. The van der Waals surface area contributed by atoms with E-state index in [2.05, 4.69) is 21.7 Å². The fraction of sp³-hybridized carbons (Fsp3) is 0.353. The monoisotopic (exact) mass is 334 g/mol. The molecule has 1 atom stereocenters. The molecule has 6 heteroatoms. The Bertz CT molecular complexity index is 614. The van der Waals surface area contributed by atoms with Crippen molar-refractivity contribution >= 4 is 17.2 Å². The van der Waals surface area contributed by atoms with Crippen molar-refractivity contribution < 1.29 is 14.3 Å². The maximum atomic E-state index is 12.0. The third-order valence-corrected chi connectivity index (χ3v) is 4.16. The Hall–Kier alpha value is -2.05. The maximum absolute atomic E-state index is 12.0. The van der Waals surface area contributed by atoms with Crippen molar-refractivity contribution in [1.82, 2.24) is 10.2 Å². The number of benzene rings is 1. The van der Waals surface area contributed by atoms with Gasteiger partial charge in [-0.2, -0.15) is 11.3 Å². The van der Waals surface area contributed by atoms with E-state index < -0.39 is 0 Å². The number of likely N-dealkylation sites (N-methyl/N-ethyl adjacent to an activating group) is 1. The summed E-state index contributed by atoms with van der Waals surface area (Å²) >= 11 is 1.65. The first kappa shape index (κ1) is 17.3. The number of carbonyl (C=O) groups excluding carboxylic acids is 1. The van der Waals surface area contributed by atoms with Gasteiger partial charge in [-0.25, -0.2) is 0 Å². The van der Waals surface area contributed by atoms with Crippen LogP contribution in [0.15, 0.2) is 41.1 Å². The van der Waals surface area contributed by atoms with E-state index in [9.17, 15) is 4.79 Å². The fourth-order valence-corrected chi connectivity index (χ4v) is 2.87. The standard InChI is InChI=1S/C17H22N2O3S/c1-19(2)16(13-7-8-23-12-13)10-18-17(20)11-22-15-6-4-5-14(9-15)21-3/h4-9,12,16H,10-11H2,1-3H3,(H,18,20).